The molecule has 1 aromatic carbocycles. The van der Waals surface area contributed by atoms with Gasteiger partial charge in [-0.1, -0.05) is 13.8 Å². The van der Waals surface area contributed by atoms with E-state index >= 15 is 0 Å². The number of hydrogen-bond donors (Lipinski definition) is 2. The number of anilines is 2. The van der Waals surface area contributed by atoms with Crippen molar-refractivity contribution in [2.24, 2.45) is 0 Å². The van der Waals surface area contributed by atoms with E-state index in [-0.39, 0.29) is 17.4 Å². The van der Waals surface area contributed by atoms with Crippen LogP contribution in [0.2, 0.25) is 0 Å². The lowest BCUT2D eigenvalue weighted by Gasteiger charge is -2.09. The summed E-state index contributed by atoms with van der Waals surface area (Å²) in [5.41, 5.74) is 0.626. The summed E-state index contributed by atoms with van der Waals surface area (Å²) in [6, 6.07) is 4.76. The van der Waals surface area contributed by atoms with E-state index < -0.39 is 11.6 Å². The van der Waals surface area contributed by atoms with E-state index in [1.165, 1.54) is 12.1 Å². The summed E-state index contributed by atoms with van der Waals surface area (Å²) >= 11 is 0. The first-order chi connectivity index (χ1) is 8.95. The van der Waals surface area contributed by atoms with Crippen molar-refractivity contribution in [3.63, 3.8) is 0 Å². The van der Waals surface area contributed by atoms with Crippen molar-refractivity contribution in [1.29, 1.82) is 0 Å². The third-order valence-corrected chi connectivity index (χ3v) is 2.54. The number of H-pyrrole nitrogens is 1. The molecule has 0 aliphatic heterocycles. The van der Waals surface area contributed by atoms with Crippen LogP contribution in [0.1, 0.15) is 25.5 Å². The Kier molecular flexibility index (Phi) is 3.59. The normalized spacial score (nSPS) is 10.8. The second kappa shape index (κ2) is 5.17. The van der Waals surface area contributed by atoms with Crippen LogP contribution in [0, 0.1) is 11.6 Å². The van der Waals surface area contributed by atoms with Crippen molar-refractivity contribution in [1.82, 2.24) is 9.97 Å². The summed E-state index contributed by atoms with van der Waals surface area (Å²) in [4.78, 5) is 18.1. The Morgan fingerprint density at radius 2 is 1.95 bits per heavy atom. The zero-order chi connectivity index (χ0) is 14.0. The first kappa shape index (κ1) is 13.2. The van der Waals surface area contributed by atoms with Crippen molar-refractivity contribution in [2.45, 2.75) is 19.8 Å². The fraction of sp³-hybridized carbons (Fsp3) is 0.231. The van der Waals surface area contributed by atoms with Crippen molar-refractivity contribution >= 4 is 11.6 Å². The zero-order valence-electron chi connectivity index (χ0n) is 10.5. The van der Waals surface area contributed by atoms with Gasteiger partial charge in [0.1, 0.15) is 0 Å². The molecule has 0 saturated carbocycles. The number of halogens is 2. The summed E-state index contributed by atoms with van der Waals surface area (Å²) in [7, 11) is 0. The van der Waals surface area contributed by atoms with E-state index in [1.807, 2.05) is 13.8 Å². The maximum absolute atomic E-state index is 13.1. The molecule has 0 saturated heterocycles. The third-order valence-electron chi connectivity index (χ3n) is 2.54. The smallest absolute Gasteiger partial charge is 0.252 e. The van der Waals surface area contributed by atoms with E-state index in [1.54, 1.807) is 0 Å². The van der Waals surface area contributed by atoms with Crippen molar-refractivity contribution in [3.8, 4) is 0 Å². The average Bonchev–Trinajstić information content (AvgIpc) is 2.33. The molecule has 0 bridgehead atoms. The lowest BCUT2D eigenvalue weighted by atomic mass is 10.1. The number of nitrogens with zero attached hydrogens (tertiary/aromatic N) is 1. The van der Waals surface area contributed by atoms with Crippen molar-refractivity contribution < 1.29 is 8.78 Å². The van der Waals surface area contributed by atoms with Gasteiger partial charge in [-0.2, -0.15) is 0 Å². The lowest BCUT2D eigenvalue weighted by molar-refractivity contribution is 0.509. The van der Waals surface area contributed by atoms with E-state index in [0.29, 0.717) is 11.4 Å². The predicted molar refractivity (Wildman–Crippen MR) is 68.6 cm³/mol. The van der Waals surface area contributed by atoms with Gasteiger partial charge in [0, 0.05) is 17.8 Å². The Morgan fingerprint density at radius 3 is 2.58 bits per heavy atom. The Morgan fingerprint density at radius 1 is 1.21 bits per heavy atom. The van der Waals surface area contributed by atoms with Crippen LogP contribution >= 0.6 is 0 Å². The van der Waals surface area contributed by atoms with Crippen molar-refractivity contribution in [3.05, 3.63) is 51.9 Å². The number of hydrogen-bond acceptors (Lipinski definition) is 3. The third kappa shape index (κ3) is 3.15. The first-order valence-corrected chi connectivity index (χ1v) is 5.79. The van der Waals surface area contributed by atoms with Gasteiger partial charge in [0.15, 0.2) is 11.6 Å². The largest absolute Gasteiger partial charge is 0.326 e. The highest BCUT2D eigenvalue weighted by molar-refractivity contribution is 5.53. The Labute approximate surface area is 108 Å². The van der Waals surface area contributed by atoms with Gasteiger partial charge in [-0.05, 0) is 18.1 Å². The topological polar surface area (TPSA) is 57.8 Å². The Bertz CT molecular complexity index is 653. The van der Waals surface area contributed by atoms with E-state index in [2.05, 4.69) is 15.3 Å². The molecule has 2 aromatic rings. The number of nitrogens with one attached hydrogen (secondary N) is 2. The highest BCUT2D eigenvalue weighted by Crippen LogP contribution is 2.17. The number of benzene rings is 1. The molecular weight excluding hydrogens is 252 g/mol. The maximum atomic E-state index is 13.1. The van der Waals surface area contributed by atoms with E-state index in [0.717, 1.165) is 12.1 Å². The molecule has 0 fully saturated rings. The predicted octanol–water partition coefficient (Wildman–Crippen LogP) is 2.92. The molecule has 0 aliphatic rings. The molecule has 1 heterocycles. The molecule has 0 unspecified atom stereocenters. The second-order valence-corrected chi connectivity index (χ2v) is 4.43. The van der Waals surface area contributed by atoms with Crippen LogP contribution in [0.4, 0.5) is 20.4 Å². The van der Waals surface area contributed by atoms with E-state index in [4.69, 9.17) is 0 Å². The van der Waals surface area contributed by atoms with Crippen LogP contribution < -0.4 is 10.9 Å². The molecule has 0 radical (unpaired) electrons. The fourth-order valence-corrected chi connectivity index (χ4v) is 1.54. The Hall–Kier alpha value is -2.24. The van der Waals surface area contributed by atoms with E-state index in [9.17, 15) is 13.6 Å². The monoisotopic (exact) mass is 265 g/mol. The standard InChI is InChI=1S/C13H13F2N3O/c1-7(2)11-6-12(19)18-13(17-11)16-8-3-4-9(14)10(15)5-8/h3-7H,1-2H3,(H2,16,17,18,19). The summed E-state index contributed by atoms with van der Waals surface area (Å²) in [5, 5.41) is 2.73. The average molecular weight is 265 g/mol. The zero-order valence-corrected chi connectivity index (χ0v) is 10.5. The van der Waals surface area contributed by atoms with Gasteiger partial charge in [0.2, 0.25) is 5.95 Å². The molecule has 0 aliphatic carbocycles. The molecule has 4 nitrogen and oxygen atoms in total. The van der Waals surface area contributed by atoms with Gasteiger partial charge >= 0.3 is 0 Å². The molecule has 100 valence electrons. The molecular formula is C13H13F2N3O. The number of aromatic amines is 1. The minimum absolute atomic E-state index is 0.0906. The highest BCUT2D eigenvalue weighted by Gasteiger charge is 2.07. The molecule has 0 amide bonds. The van der Waals surface area contributed by atoms with Crippen LogP contribution in [0.3, 0.4) is 0 Å². The van der Waals surface area contributed by atoms with Gasteiger partial charge in [0.05, 0.1) is 5.69 Å². The summed E-state index contributed by atoms with van der Waals surface area (Å²) in [6.07, 6.45) is 0. The Balaban J connectivity index is 2.32. The molecule has 6 heteroatoms. The lowest BCUT2D eigenvalue weighted by Crippen LogP contribution is -2.12. The van der Waals surface area contributed by atoms with Gasteiger partial charge in [-0.25, -0.2) is 13.8 Å². The molecule has 2 rings (SSSR count). The summed E-state index contributed by atoms with van der Waals surface area (Å²) in [6.45, 7) is 3.81. The summed E-state index contributed by atoms with van der Waals surface area (Å²) in [5.74, 6) is -1.61. The second-order valence-electron chi connectivity index (χ2n) is 4.43. The van der Waals surface area contributed by atoms with Gasteiger partial charge in [-0.3, -0.25) is 9.78 Å². The van der Waals surface area contributed by atoms with Crippen LogP contribution in [-0.4, -0.2) is 9.97 Å². The highest BCUT2D eigenvalue weighted by atomic mass is 19.2. The summed E-state index contributed by atoms with van der Waals surface area (Å²) < 4.78 is 25.9. The van der Waals surface area contributed by atoms with Crippen LogP contribution in [0.5, 0.6) is 0 Å². The molecule has 0 atom stereocenters. The molecule has 2 N–H and O–H groups in total. The van der Waals surface area contributed by atoms with Crippen LogP contribution in [-0.2, 0) is 0 Å². The van der Waals surface area contributed by atoms with Crippen molar-refractivity contribution in [2.75, 3.05) is 5.32 Å². The molecule has 1 aromatic heterocycles. The van der Waals surface area contributed by atoms with Gasteiger partial charge in [0.25, 0.3) is 5.56 Å². The quantitative estimate of drug-likeness (QED) is 0.897. The minimum atomic E-state index is -0.965. The van der Waals surface area contributed by atoms with Gasteiger partial charge in [-0.15, -0.1) is 0 Å². The first-order valence-electron chi connectivity index (χ1n) is 5.79. The number of aromatic nitrogens is 2. The molecule has 0 spiro atoms. The van der Waals surface area contributed by atoms with Crippen LogP contribution in [0.25, 0.3) is 0 Å². The minimum Gasteiger partial charge on any atom is -0.326 e. The number of rotatable bonds is 3. The SMILES string of the molecule is CC(C)c1cc(=O)[nH]c(Nc2ccc(F)c(F)c2)n1. The fourth-order valence-electron chi connectivity index (χ4n) is 1.54. The van der Waals surface area contributed by atoms with Gasteiger partial charge < -0.3 is 5.32 Å². The van der Waals surface area contributed by atoms with Crippen LogP contribution in [0.15, 0.2) is 29.1 Å². The maximum Gasteiger partial charge on any atom is 0.252 e. The molecule has 19 heavy (non-hydrogen) atoms.